The number of anilines is 1. The van der Waals surface area contributed by atoms with Crippen molar-refractivity contribution in [2.45, 2.75) is 53.1 Å². The Morgan fingerprint density at radius 1 is 1.29 bits per heavy atom. The topological polar surface area (TPSA) is 64.9 Å². The predicted octanol–water partition coefficient (Wildman–Crippen LogP) is 3.16. The zero-order valence-electron chi connectivity index (χ0n) is 13.7. The summed E-state index contributed by atoms with van der Waals surface area (Å²) in [6.45, 7) is 11.5. The zero-order valence-corrected chi connectivity index (χ0v) is 13.7. The van der Waals surface area contributed by atoms with Gasteiger partial charge < -0.3 is 10.6 Å². The molecular formula is C17H25N3O. The van der Waals surface area contributed by atoms with E-state index >= 15 is 0 Å². The Hall–Kier alpha value is -2.02. The van der Waals surface area contributed by atoms with Crippen molar-refractivity contribution >= 4 is 11.6 Å². The van der Waals surface area contributed by atoms with E-state index in [0.717, 1.165) is 11.3 Å². The fourth-order valence-electron chi connectivity index (χ4n) is 1.87. The summed E-state index contributed by atoms with van der Waals surface area (Å²) in [6, 6.07) is 7.74. The normalized spacial score (nSPS) is 15.0. The fourth-order valence-corrected chi connectivity index (χ4v) is 1.87. The molecule has 0 aliphatic heterocycles. The number of amides is 1. The Balaban J connectivity index is 2.81. The molecule has 0 aliphatic carbocycles. The molecule has 1 amide bonds. The first-order chi connectivity index (χ1) is 9.71. The second-order valence-corrected chi connectivity index (χ2v) is 6.07. The highest BCUT2D eigenvalue weighted by atomic mass is 16.2. The fraction of sp³-hybridized carbons (Fsp3) is 0.529. The Morgan fingerprint density at radius 2 is 1.90 bits per heavy atom. The minimum absolute atomic E-state index is 0.0411. The molecule has 0 saturated carbocycles. The molecule has 1 rings (SSSR count). The minimum Gasteiger partial charge on any atom is -0.374 e. The molecule has 0 unspecified atom stereocenters. The summed E-state index contributed by atoms with van der Waals surface area (Å²) in [7, 11) is 0. The standard InChI is InChI=1S/C17H25N3O/c1-11(2)17(6,10-18)20-16(21)14(5)19-15-9-7-8-12(3)13(15)4/h7-9,11,14,19H,1-6H3,(H,20,21)/t14-,17-/m0/s1. The number of nitrogens with zero attached hydrogens (tertiary/aromatic N) is 1. The lowest BCUT2D eigenvalue weighted by Gasteiger charge is -2.29. The second-order valence-electron chi connectivity index (χ2n) is 6.07. The van der Waals surface area contributed by atoms with E-state index in [1.54, 1.807) is 13.8 Å². The lowest BCUT2D eigenvalue weighted by molar-refractivity contribution is -0.123. The highest BCUT2D eigenvalue weighted by Gasteiger charge is 2.31. The van der Waals surface area contributed by atoms with Crippen molar-refractivity contribution in [2.24, 2.45) is 5.92 Å². The maximum absolute atomic E-state index is 12.3. The van der Waals surface area contributed by atoms with Crippen LogP contribution in [0.3, 0.4) is 0 Å². The van der Waals surface area contributed by atoms with Gasteiger partial charge in [-0.05, 0) is 50.8 Å². The van der Waals surface area contributed by atoms with Gasteiger partial charge in [-0.15, -0.1) is 0 Å². The Labute approximate surface area is 127 Å². The van der Waals surface area contributed by atoms with Gasteiger partial charge in [0, 0.05) is 5.69 Å². The van der Waals surface area contributed by atoms with Crippen molar-refractivity contribution in [2.75, 3.05) is 5.32 Å². The number of hydrogen-bond acceptors (Lipinski definition) is 3. The average Bonchev–Trinajstić information content (AvgIpc) is 2.43. The first-order valence-electron chi connectivity index (χ1n) is 7.27. The van der Waals surface area contributed by atoms with Crippen LogP contribution in [0.4, 0.5) is 5.69 Å². The monoisotopic (exact) mass is 287 g/mol. The first-order valence-corrected chi connectivity index (χ1v) is 7.27. The minimum atomic E-state index is -0.853. The maximum Gasteiger partial charge on any atom is 0.243 e. The smallest absolute Gasteiger partial charge is 0.243 e. The quantitative estimate of drug-likeness (QED) is 0.874. The Morgan fingerprint density at radius 3 is 2.43 bits per heavy atom. The van der Waals surface area contributed by atoms with Crippen molar-refractivity contribution < 1.29 is 4.79 Å². The number of rotatable bonds is 5. The molecular weight excluding hydrogens is 262 g/mol. The van der Waals surface area contributed by atoms with E-state index in [1.807, 2.05) is 45.9 Å². The van der Waals surface area contributed by atoms with Gasteiger partial charge in [-0.1, -0.05) is 26.0 Å². The first kappa shape index (κ1) is 17.0. The van der Waals surface area contributed by atoms with Crippen molar-refractivity contribution in [3.63, 3.8) is 0 Å². The molecule has 1 aromatic carbocycles. The van der Waals surface area contributed by atoms with Crippen LogP contribution >= 0.6 is 0 Å². The van der Waals surface area contributed by atoms with Crippen LogP contribution in [0.5, 0.6) is 0 Å². The van der Waals surface area contributed by atoms with E-state index < -0.39 is 11.6 Å². The molecule has 21 heavy (non-hydrogen) atoms. The third-order valence-corrected chi connectivity index (χ3v) is 4.14. The van der Waals surface area contributed by atoms with Gasteiger partial charge in [-0.25, -0.2) is 0 Å². The van der Waals surface area contributed by atoms with Gasteiger partial charge in [-0.2, -0.15) is 5.26 Å². The molecule has 2 atom stereocenters. The summed E-state index contributed by atoms with van der Waals surface area (Å²) in [5.41, 5.74) is 2.40. The van der Waals surface area contributed by atoms with Crippen LogP contribution in [0.1, 0.15) is 38.8 Å². The molecule has 0 bridgehead atoms. The number of aryl methyl sites for hydroxylation is 1. The van der Waals surface area contributed by atoms with Crippen molar-refractivity contribution in [3.8, 4) is 6.07 Å². The zero-order chi connectivity index (χ0) is 16.2. The lowest BCUT2D eigenvalue weighted by atomic mass is 9.90. The van der Waals surface area contributed by atoms with Gasteiger partial charge in [0.05, 0.1) is 6.07 Å². The van der Waals surface area contributed by atoms with E-state index in [1.165, 1.54) is 5.56 Å². The highest BCUT2D eigenvalue weighted by molar-refractivity contribution is 5.85. The molecule has 114 valence electrons. The highest BCUT2D eigenvalue weighted by Crippen LogP contribution is 2.20. The van der Waals surface area contributed by atoms with Gasteiger partial charge >= 0.3 is 0 Å². The van der Waals surface area contributed by atoms with Crippen LogP contribution in [-0.4, -0.2) is 17.5 Å². The van der Waals surface area contributed by atoms with Crippen LogP contribution in [0.15, 0.2) is 18.2 Å². The van der Waals surface area contributed by atoms with E-state index in [4.69, 9.17) is 0 Å². The van der Waals surface area contributed by atoms with Gasteiger partial charge in [0.1, 0.15) is 11.6 Å². The van der Waals surface area contributed by atoms with Gasteiger partial charge in [0.2, 0.25) is 5.91 Å². The third kappa shape index (κ3) is 3.98. The molecule has 4 heteroatoms. The van der Waals surface area contributed by atoms with Crippen LogP contribution in [0.25, 0.3) is 0 Å². The van der Waals surface area contributed by atoms with Crippen LogP contribution in [0.2, 0.25) is 0 Å². The molecule has 0 spiro atoms. The molecule has 4 nitrogen and oxygen atoms in total. The molecule has 1 aromatic rings. The number of carbonyl (C=O) groups is 1. The largest absolute Gasteiger partial charge is 0.374 e. The summed E-state index contributed by atoms with van der Waals surface area (Å²) in [4.78, 5) is 12.3. The predicted molar refractivity (Wildman–Crippen MR) is 86.0 cm³/mol. The summed E-state index contributed by atoms with van der Waals surface area (Å²) in [6.07, 6.45) is 0. The van der Waals surface area contributed by atoms with Crippen molar-refractivity contribution in [3.05, 3.63) is 29.3 Å². The average molecular weight is 287 g/mol. The van der Waals surface area contributed by atoms with Crippen LogP contribution in [-0.2, 0) is 4.79 Å². The van der Waals surface area contributed by atoms with Gasteiger partial charge in [0.25, 0.3) is 0 Å². The van der Waals surface area contributed by atoms with E-state index in [0.29, 0.717) is 0 Å². The third-order valence-electron chi connectivity index (χ3n) is 4.14. The molecule has 0 fully saturated rings. The van der Waals surface area contributed by atoms with Crippen molar-refractivity contribution in [1.82, 2.24) is 5.32 Å². The summed E-state index contributed by atoms with van der Waals surface area (Å²) in [5.74, 6) is -0.131. The van der Waals surface area contributed by atoms with Crippen molar-refractivity contribution in [1.29, 1.82) is 5.26 Å². The molecule has 0 saturated heterocycles. The van der Waals surface area contributed by atoms with Crippen LogP contribution < -0.4 is 10.6 Å². The number of hydrogen-bond donors (Lipinski definition) is 2. The number of benzene rings is 1. The molecule has 2 N–H and O–H groups in total. The summed E-state index contributed by atoms with van der Waals surface area (Å²) in [5, 5.41) is 15.3. The number of carbonyl (C=O) groups excluding carboxylic acids is 1. The second kappa shape index (κ2) is 6.62. The van der Waals surface area contributed by atoms with E-state index in [2.05, 4.69) is 16.7 Å². The van der Waals surface area contributed by atoms with Crippen LogP contribution in [0, 0.1) is 31.1 Å². The SMILES string of the molecule is Cc1cccc(N[C@@H](C)C(=O)N[C@@](C)(C#N)C(C)C)c1C. The summed E-state index contributed by atoms with van der Waals surface area (Å²) >= 11 is 0. The molecule has 0 aliphatic rings. The summed E-state index contributed by atoms with van der Waals surface area (Å²) < 4.78 is 0. The van der Waals surface area contributed by atoms with E-state index in [9.17, 15) is 10.1 Å². The number of nitriles is 1. The van der Waals surface area contributed by atoms with Gasteiger partial charge in [-0.3, -0.25) is 4.79 Å². The molecule has 0 radical (unpaired) electrons. The molecule has 0 heterocycles. The Kier molecular flexibility index (Phi) is 5.37. The lowest BCUT2D eigenvalue weighted by Crippen LogP contribution is -2.53. The Bertz CT molecular complexity index is 560. The molecule has 0 aromatic heterocycles. The maximum atomic E-state index is 12.3. The van der Waals surface area contributed by atoms with Gasteiger partial charge in [0.15, 0.2) is 0 Å². The number of nitrogens with one attached hydrogen (secondary N) is 2. The van der Waals surface area contributed by atoms with E-state index in [-0.39, 0.29) is 11.8 Å².